The standard InChI is InChI=1S/C28H28N2O3/c31-27(32)18-17-23(22-12-5-2-6-13-22)24-14-7-8-15-25(24)29-28(33)26-16-9-19-30(26)20-21-10-3-1-4-11-21/h1-8,10-15,17,26H,9,16,18-20H2,(H,29,33)(H,31,32)/t26-/m1/s1. The summed E-state index contributed by atoms with van der Waals surface area (Å²) in [6.07, 6.45) is 3.42. The van der Waals surface area contributed by atoms with Gasteiger partial charge in [0.2, 0.25) is 5.91 Å². The first-order chi connectivity index (χ1) is 16.1. The van der Waals surface area contributed by atoms with E-state index in [-0.39, 0.29) is 18.4 Å². The van der Waals surface area contributed by atoms with Crippen molar-refractivity contribution in [3.05, 3.63) is 108 Å². The van der Waals surface area contributed by atoms with Gasteiger partial charge in [0.15, 0.2) is 0 Å². The van der Waals surface area contributed by atoms with E-state index < -0.39 is 5.97 Å². The van der Waals surface area contributed by atoms with Crippen LogP contribution in [0.25, 0.3) is 5.57 Å². The molecule has 1 heterocycles. The van der Waals surface area contributed by atoms with E-state index in [0.717, 1.165) is 42.6 Å². The highest BCUT2D eigenvalue weighted by Gasteiger charge is 2.31. The van der Waals surface area contributed by atoms with Crippen LogP contribution in [0.1, 0.15) is 36.0 Å². The molecule has 2 N–H and O–H groups in total. The summed E-state index contributed by atoms with van der Waals surface area (Å²) in [4.78, 5) is 26.8. The quantitative estimate of drug-likeness (QED) is 0.505. The van der Waals surface area contributed by atoms with E-state index in [1.165, 1.54) is 5.56 Å². The predicted octanol–water partition coefficient (Wildman–Crippen LogP) is 5.20. The highest BCUT2D eigenvalue weighted by atomic mass is 16.4. The molecule has 4 rings (SSSR count). The number of aliphatic carboxylic acids is 1. The number of benzene rings is 3. The predicted molar refractivity (Wildman–Crippen MR) is 131 cm³/mol. The van der Waals surface area contributed by atoms with Gasteiger partial charge in [0.1, 0.15) is 0 Å². The van der Waals surface area contributed by atoms with E-state index in [0.29, 0.717) is 5.69 Å². The van der Waals surface area contributed by atoms with Crippen molar-refractivity contribution in [3.8, 4) is 0 Å². The SMILES string of the molecule is O=C(O)CC=C(c1ccccc1)c1ccccc1NC(=O)[C@H]1CCCN1Cc1ccccc1. The maximum Gasteiger partial charge on any atom is 0.307 e. The lowest BCUT2D eigenvalue weighted by Gasteiger charge is -2.24. The molecule has 5 nitrogen and oxygen atoms in total. The largest absolute Gasteiger partial charge is 0.481 e. The van der Waals surface area contributed by atoms with Gasteiger partial charge in [0, 0.05) is 17.8 Å². The molecule has 0 aliphatic carbocycles. The number of nitrogens with one attached hydrogen (secondary N) is 1. The minimum atomic E-state index is -0.896. The zero-order valence-corrected chi connectivity index (χ0v) is 18.5. The number of hydrogen-bond acceptors (Lipinski definition) is 3. The fraction of sp³-hybridized carbons (Fsp3) is 0.214. The summed E-state index contributed by atoms with van der Waals surface area (Å²) in [7, 11) is 0. The minimum Gasteiger partial charge on any atom is -0.481 e. The number of anilines is 1. The van der Waals surface area contributed by atoms with Gasteiger partial charge < -0.3 is 10.4 Å². The topological polar surface area (TPSA) is 69.6 Å². The summed E-state index contributed by atoms with van der Waals surface area (Å²) in [6, 6.07) is 27.3. The normalized spacial score (nSPS) is 16.5. The van der Waals surface area contributed by atoms with Crippen LogP contribution >= 0.6 is 0 Å². The third kappa shape index (κ3) is 5.76. The van der Waals surface area contributed by atoms with Gasteiger partial charge in [-0.25, -0.2) is 0 Å². The van der Waals surface area contributed by atoms with Gasteiger partial charge in [-0.1, -0.05) is 84.9 Å². The number of carboxylic acids is 1. The fourth-order valence-corrected chi connectivity index (χ4v) is 4.36. The van der Waals surface area contributed by atoms with Crippen LogP contribution in [0.2, 0.25) is 0 Å². The Bertz CT molecular complexity index is 1130. The molecule has 1 aliphatic rings. The van der Waals surface area contributed by atoms with Crippen LogP contribution in [-0.4, -0.2) is 34.5 Å². The van der Waals surface area contributed by atoms with Crippen molar-refractivity contribution in [2.45, 2.75) is 31.8 Å². The molecule has 5 heteroatoms. The summed E-state index contributed by atoms with van der Waals surface area (Å²) in [6.45, 7) is 1.64. The molecule has 0 saturated carbocycles. The highest BCUT2D eigenvalue weighted by molar-refractivity contribution is 5.99. The smallest absolute Gasteiger partial charge is 0.307 e. The minimum absolute atomic E-state index is 0.0264. The molecule has 0 unspecified atom stereocenters. The first-order valence-corrected chi connectivity index (χ1v) is 11.3. The Balaban J connectivity index is 1.58. The molecule has 3 aromatic rings. The lowest BCUT2D eigenvalue weighted by molar-refractivity contribution is -0.136. The van der Waals surface area contributed by atoms with Gasteiger partial charge >= 0.3 is 5.97 Å². The van der Waals surface area contributed by atoms with Gasteiger partial charge in [-0.2, -0.15) is 0 Å². The van der Waals surface area contributed by atoms with Gasteiger partial charge in [0.25, 0.3) is 0 Å². The molecule has 0 radical (unpaired) electrons. The molecule has 1 fully saturated rings. The Hall–Kier alpha value is -3.70. The fourth-order valence-electron chi connectivity index (χ4n) is 4.36. The van der Waals surface area contributed by atoms with Crippen LogP contribution in [0.5, 0.6) is 0 Å². The zero-order valence-electron chi connectivity index (χ0n) is 18.5. The molecular formula is C28H28N2O3. The van der Waals surface area contributed by atoms with E-state index in [9.17, 15) is 14.7 Å². The number of nitrogens with zero attached hydrogens (tertiary/aromatic N) is 1. The highest BCUT2D eigenvalue weighted by Crippen LogP contribution is 2.31. The lowest BCUT2D eigenvalue weighted by atomic mass is 9.95. The summed E-state index contributed by atoms with van der Waals surface area (Å²) in [5.41, 5.74) is 4.40. The second-order valence-electron chi connectivity index (χ2n) is 8.23. The molecular weight excluding hydrogens is 412 g/mol. The number of rotatable bonds is 8. The number of likely N-dealkylation sites (tertiary alicyclic amines) is 1. The average molecular weight is 441 g/mol. The molecule has 1 amide bonds. The molecule has 1 aliphatic heterocycles. The van der Waals surface area contributed by atoms with Crippen LogP contribution < -0.4 is 5.32 Å². The Morgan fingerprint density at radius 3 is 2.33 bits per heavy atom. The number of para-hydroxylation sites is 1. The molecule has 0 aromatic heterocycles. The summed E-state index contributed by atoms with van der Waals surface area (Å²) in [5, 5.41) is 12.4. The van der Waals surface area contributed by atoms with Crippen LogP contribution in [0, 0.1) is 0 Å². The number of hydrogen-bond donors (Lipinski definition) is 2. The summed E-state index contributed by atoms with van der Waals surface area (Å²) >= 11 is 0. The number of carbonyl (C=O) groups excluding carboxylic acids is 1. The molecule has 0 bridgehead atoms. The van der Waals surface area contributed by atoms with Crippen LogP contribution in [0.15, 0.2) is 91.0 Å². The van der Waals surface area contributed by atoms with Gasteiger partial charge in [-0.05, 0) is 42.2 Å². The Labute approximate surface area is 194 Å². The maximum absolute atomic E-state index is 13.3. The first kappa shape index (κ1) is 22.5. The number of amides is 1. The van der Waals surface area contributed by atoms with Crippen molar-refractivity contribution < 1.29 is 14.7 Å². The molecule has 33 heavy (non-hydrogen) atoms. The molecule has 1 saturated heterocycles. The van der Waals surface area contributed by atoms with Crippen molar-refractivity contribution in [2.24, 2.45) is 0 Å². The Morgan fingerprint density at radius 2 is 1.61 bits per heavy atom. The van der Waals surface area contributed by atoms with Crippen LogP contribution in [0.3, 0.4) is 0 Å². The van der Waals surface area contributed by atoms with Gasteiger partial charge in [0.05, 0.1) is 12.5 Å². The van der Waals surface area contributed by atoms with Crippen LogP contribution in [-0.2, 0) is 16.1 Å². The third-order valence-electron chi connectivity index (χ3n) is 5.94. The van der Waals surface area contributed by atoms with Crippen molar-refractivity contribution in [1.29, 1.82) is 0 Å². The van der Waals surface area contributed by atoms with Crippen molar-refractivity contribution in [3.63, 3.8) is 0 Å². The summed E-state index contributed by atoms with van der Waals surface area (Å²) < 4.78 is 0. The van der Waals surface area contributed by atoms with E-state index in [1.54, 1.807) is 6.08 Å². The van der Waals surface area contributed by atoms with Crippen LogP contribution in [0.4, 0.5) is 5.69 Å². The van der Waals surface area contributed by atoms with E-state index in [1.807, 2.05) is 72.8 Å². The average Bonchev–Trinajstić information content (AvgIpc) is 3.29. The van der Waals surface area contributed by atoms with Crippen molar-refractivity contribution >= 4 is 23.1 Å². The maximum atomic E-state index is 13.3. The monoisotopic (exact) mass is 440 g/mol. The third-order valence-corrected chi connectivity index (χ3v) is 5.94. The number of carbonyl (C=O) groups is 2. The lowest BCUT2D eigenvalue weighted by Crippen LogP contribution is -2.39. The van der Waals surface area contributed by atoms with E-state index in [4.69, 9.17) is 0 Å². The second-order valence-corrected chi connectivity index (χ2v) is 8.23. The molecule has 0 spiro atoms. The Kier molecular flexibility index (Phi) is 7.33. The first-order valence-electron chi connectivity index (χ1n) is 11.3. The van der Waals surface area contributed by atoms with E-state index in [2.05, 4.69) is 22.3 Å². The molecule has 168 valence electrons. The van der Waals surface area contributed by atoms with E-state index >= 15 is 0 Å². The molecule has 1 atom stereocenters. The second kappa shape index (κ2) is 10.7. The number of carboxylic acid groups (broad SMARTS) is 1. The summed E-state index contributed by atoms with van der Waals surface area (Å²) in [5.74, 6) is -0.922. The van der Waals surface area contributed by atoms with Gasteiger partial charge in [-0.3, -0.25) is 14.5 Å². The van der Waals surface area contributed by atoms with Crippen molar-refractivity contribution in [1.82, 2.24) is 4.90 Å². The van der Waals surface area contributed by atoms with Gasteiger partial charge in [-0.15, -0.1) is 0 Å². The zero-order chi connectivity index (χ0) is 23.0. The Morgan fingerprint density at radius 1 is 0.939 bits per heavy atom. The molecule has 3 aromatic carbocycles. The van der Waals surface area contributed by atoms with Crippen molar-refractivity contribution in [2.75, 3.05) is 11.9 Å².